The van der Waals surface area contributed by atoms with Crippen LogP contribution >= 0.6 is 11.6 Å². The van der Waals surface area contributed by atoms with Gasteiger partial charge in [0.1, 0.15) is 0 Å². The molecule has 1 aromatic heterocycles. The third-order valence-electron chi connectivity index (χ3n) is 2.81. The second-order valence-corrected chi connectivity index (χ2v) is 4.67. The summed E-state index contributed by atoms with van der Waals surface area (Å²) >= 11 is 5.30. The Morgan fingerprint density at radius 1 is 1.22 bits per heavy atom. The highest BCUT2D eigenvalue weighted by atomic mass is 35.5. The Hall–Kier alpha value is -0.990. The van der Waals surface area contributed by atoms with E-state index in [1.54, 1.807) is 0 Å². The van der Waals surface area contributed by atoms with Crippen LogP contribution in [0.5, 0.6) is 0 Å². The van der Waals surface area contributed by atoms with Crippen molar-refractivity contribution in [3.05, 3.63) is 36.0 Å². The smallest absolute Gasteiger partial charge is 0.0456 e. The number of fused-ring (bicyclic) bond motifs is 1. The summed E-state index contributed by atoms with van der Waals surface area (Å²) in [5.41, 5.74) is 8.07. The highest BCUT2D eigenvalue weighted by Gasteiger charge is 2.00. The summed E-state index contributed by atoms with van der Waals surface area (Å²) < 4.78 is 0. The highest BCUT2D eigenvalue weighted by molar-refractivity contribution is 6.17. The summed E-state index contributed by atoms with van der Waals surface area (Å²) in [6.07, 6.45) is 6.58. The number of aromatic nitrogens is 1. The molecule has 0 aliphatic heterocycles. The molecule has 3 N–H and O–H groups in total. The molecule has 0 spiro atoms. The van der Waals surface area contributed by atoms with Crippen molar-refractivity contribution in [2.24, 2.45) is 5.73 Å². The number of aromatic amines is 1. The first-order chi connectivity index (χ1) is 8.83. The first kappa shape index (κ1) is 15.1. The molecular formula is C15H23ClN2. The largest absolute Gasteiger partial charge is 0.361 e. The van der Waals surface area contributed by atoms with Gasteiger partial charge in [0, 0.05) is 23.0 Å². The third-order valence-corrected chi connectivity index (χ3v) is 3.08. The fourth-order valence-electron chi connectivity index (χ4n) is 1.76. The van der Waals surface area contributed by atoms with Crippen molar-refractivity contribution in [1.82, 2.24) is 4.98 Å². The molecule has 2 nitrogen and oxygen atoms in total. The molecule has 0 radical (unpaired) electrons. The molecule has 100 valence electrons. The predicted molar refractivity (Wildman–Crippen MR) is 81.3 cm³/mol. The molecule has 1 heterocycles. The summed E-state index contributed by atoms with van der Waals surface area (Å²) in [6.45, 7) is 2.89. The average molecular weight is 267 g/mol. The number of hydrogen-bond acceptors (Lipinski definition) is 1. The summed E-state index contributed by atoms with van der Waals surface area (Å²) in [7, 11) is 0. The van der Waals surface area contributed by atoms with E-state index < -0.39 is 0 Å². The number of H-pyrrole nitrogens is 1. The van der Waals surface area contributed by atoms with Crippen LogP contribution in [-0.2, 0) is 6.42 Å². The van der Waals surface area contributed by atoms with Gasteiger partial charge in [-0.3, -0.25) is 0 Å². The lowest BCUT2D eigenvalue weighted by atomic mass is 10.1. The van der Waals surface area contributed by atoms with Gasteiger partial charge in [0.2, 0.25) is 0 Å². The van der Waals surface area contributed by atoms with Crippen LogP contribution in [-0.4, -0.2) is 17.4 Å². The van der Waals surface area contributed by atoms with Gasteiger partial charge in [0.15, 0.2) is 0 Å². The minimum Gasteiger partial charge on any atom is -0.361 e. The van der Waals surface area contributed by atoms with Gasteiger partial charge in [-0.2, -0.15) is 0 Å². The van der Waals surface area contributed by atoms with Crippen molar-refractivity contribution in [2.75, 3.05) is 12.4 Å². The molecule has 2 aromatic rings. The molecule has 3 heteroatoms. The van der Waals surface area contributed by atoms with Gasteiger partial charge < -0.3 is 10.7 Å². The number of unbranched alkanes of at least 4 members (excludes halogenated alkanes) is 1. The van der Waals surface area contributed by atoms with Gasteiger partial charge in [-0.05, 0) is 37.4 Å². The predicted octanol–water partition coefficient (Wildman–Crippen LogP) is 4.08. The molecule has 2 rings (SSSR count). The van der Waals surface area contributed by atoms with Crippen LogP contribution < -0.4 is 5.73 Å². The number of nitrogens with one attached hydrogen (secondary N) is 1. The molecule has 0 saturated heterocycles. The van der Waals surface area contributed by atoms with Gasteiger partial charge >= 0.3 is 0 Å². The number of nitrogens with two attached hydrogens (primary N) is 1. The summed E-state index contributed by atoms with van der Waals surface area (Å²) in [6, 6.07) is 8.37. The van der Waals surface area contributed by atoms with E-state index in [4.69, 9.17) is 17.3 Å². The van der Waals surface area contributed by atoms with E-state index >= 15 is 0 Å². The van der Waals surface area contributed by atoms with Crippen molar-refractivity contribution in [3.63, 3.8) is 0 Å². The zero-order chi connectivity index (χ0) is 13.2. The first-order valence-electron chi connectivity index (χ1n) is 6.64. The van der Waals surface area contributed by atoms with E-state index in [2.05, 4.69) is 36.3 Å². The van der Waals surface area contributed by atoms with E-state index in [1.807, 2.05) is 6.07 Å². The number of aryl methyl sites for hydroxylation is 1. The lowest BCUT2D eigenvalue weighted by Crippen LogP contribution is -1.99. The second kappa shape index (κ2) is 9.01. The van der Waals surface area contributed by atoms with Gasteiger partial charge in [0.05, 0.1) is 0 Å². The van der Waals surface area contributed by atoms with Crippen LogP contribution in [0.25, 0.3) is 10.9 Å². The van der Waals surface area contributed by atoms with Crippen LogP contribution in [0.1, 0.15) is 31.7 Å². The SMILES string of the molecule is CCCCCl.NCCCc1c[nH]c2ccccc12. The van der Waals surface area contributed by atoms with E-state index in [-0.39, 0.29) is 0 Å². The highest BCUT2D eigenvalue weighted by Crippen LogP contribution is 2.18. The Kier molecular flexibility index (Phi) is 7.54. The Morgan fingerprint density at radius 2 is 2.00 bits per heavy atom. The normalized spacial score (nSPS) is 10.2. The molecule has 0 fully saturated rings. The van der Waals surface area contributed by atoms with Crippen LogP contribution in [0.2, 0.25) is 0 Å². The first-order valence-corrected chi connectivity index (χ1v) is 7.18. The molecule has 0 unspecified atom stereocenters. The van der Waals surface area contributed by atoms with E-state index in [9.17, 15) is 0 Å². The lowest BCUT2D eigenvalue weighted by molar-refractivity contribution is 0.837. The Labute approximate surface area is 115 Å². The molecule has 1 aromatic carbocycles. The lowest BCUT2D eigenvalue weighted by Gasteiger charge is -1.96. The zero-order valence-electron chi connectivity index (χ0n) is 11.1. The minimum absolute atomic E-state index is 0.763. The number of hydrogen-bond donors (Lipinski definition) is 2. The maximum absolute atomic E-state index is 5.48. The zero-order valence-corrected chi connectivity index (χ0v) is 11.8. The third kappa shape index (κ3) is 4.71. The van der Waals surface area contributed by atoms with Crippen LogP contribution in [0.3, 0.4) is 0 Å². The maximum Gasteiger partial charge on any atom is 0.0456 e. The standard InChI is InChI=1S/C11H14N2.C4H9Cl/c12-7-3-4-9-8-13-11-6-2-1-5-10(9)11;1-2-3-4-5/h1-2,5-6,8,13H,3-4,7,12H2;2-4H2,1H3. The van der Waals surface area contributed by atoms with E-state index in [1.165, 1.54) is 22.9 Å². The van der Waals surface area contributed by atoms with Crippen LogP contribution in [0.15, 0.2) is 30.5 Å². The average Bonchev–Trinajstić information content (AvgIpc) is 2.81. The molecule has 0 saturated carbocycles. The van der Waals surface area contributed by atoms with Crippen molar-refractivity contribution in [2.45, 2.75) is 32.6 Å². The molecule has 0 bridgehead atoms. The number of benzene rings is 1. The quantitative estimate of drug-likeness (QED) is 0.787. The van der Waals surface area contributed by atoms with Crippen LogP contribution in [0.4, 0.5) is 0 Å². The van der Waals surface area contributed by atoms with Gasteiger partial charge in [-0.1, -0.05) is 31.5 Å². The number of para-hydroxylation sites is 1. The van der Waals surface area contributed by atoms with E-state index in [0.717, 1.165) is 31.7 Å². The summed E-state index contributed by atoms with van der Waals surface area (Å²) in [5, 5.41) is 1.33. The Balaban J connectivity index is 0.000000280. The van der Waals surface area contributed by atoms with Gasteiger partial charge in [-0.15, -0.1) is 11.6 Å². The van der Waals surface area contributed by atoms with Crippen molar-refractivity contribution < 1.29 is 0 Å². The van der Waals surface area contributed by atoms with Crippen LogP contribution in [0, 0.1) is 0 Å². The van der Waals surface area contributed by atoms with Crippen molar-refractivity contribution in [1.29, 1.82) is 0 Å². The number of alkyl halides is 1. The van der Waals surface area contributed by atoms with Crippen molar-refractivity contribution in [3.8, 4) is 0 Å². The molecular weight excluding hydrogens is 244 g/mol. The summed E-state index contributed by atoms with van der Waals surface area (Å²) in [5.74, 6) is 0.816. The number of halogens is 1. The summed E-state index contributed by atoms with van der Waals surface area (Å²) in [4.78, 5) is 3.26. The van der Waals surface area contributed by atoms with Crippen molar-refractivity contribution >= 4 is 22.5 Å². The molecule has 0 amide bonds. The Morgan fingerprint density at radius 3 is 2.61 bits per heavy atom. The molecule has 0 atom stereocenters. The number of rotatable bonds is 5. The molecule has 18 heavy (non-hydrogen) atoms. The Bertz CT molecular complexity index is 435. The van der Waals surface area contributed by atoms with Gasteiger partial charge in [0.25, 0.3) is 0 Å². The molecule has 0 aliphatic carbocycles. The van der Waals surface area contributed by atoms with Gasteiger partial charge in [-0.25, -0.2) is 0 Å². The fourth-order valence-corrected chi connectivity index (χ4v) is 2.03. The maximum atomic E-state index is 5.48. The topological polar surface area (TPSA) is 41.8 Å². The second-order valence-electron chi connectivity index (χ2n) is 4.29. The molecule has 0 aliphatic rings. The monoisotopic (exact) mass is 266 g/mol. The minimum atomic E-state index is 0.763. The fraction of sp³-hybridized carbons (Fsp3) is 0.467. The van der Waals surface area contributed by atoms with E-state index in [0.29, 0.717) is 0 Å².